The molecule has 1 aromatic carbocycles. The third-order valence-electron chi connectivity index (χ3n) is 2.61. The van der Waals surface area contributed by atoms with Gasteiger partial charge in [-0.05, 0) is 26.0 Å². The average Bonchev–Trinajstić information content (AvgIpc) is 2.41. The van der Waals surface area contributed by atoms with E-state index >= 15 is 0 Å². The molecule has 0 radical (unpaired) electrons. The Morgan fingerprint density at radius 3 is 2.47 bits per heavy atom. The van der Waals surface area contributed by atoms with Crippen molar-refractivity contribution >= 4 is 11.6 Å². The largest absolute Gasteiger partial charge is 0.490 e. The Labute approximate surface area is 114 Å². The molecule has 0 bridgehead atoms. The van der Waals surface area contributed by atoms with E-state index in [-0.39, 0.29) is 11.8 Å². The van der Waals surface area contributed by atoms with E-state index in [0.29, 0.717) is 36.9 Å². The van der Waals surface area contributed by atoms with Crippen molar-refractivity contribution in [1.82, 2.24) is 0 Å². The molecule has 19 heavy (non-hydrogen) atoms. The monoisotopic (exact) mass is 266 g/mol. The number of ether oxygens (including phenoxy) is 2. The molecule has 0 spiro atoms. The summed E-state index contributed by atoms with van der Waals surface area (Å²) in [6.07, 6.45) is 0. The van der Waals surface area contributed by atoms with E-state index in [2.05, 4.69) is 5.32 Å². The fourth-order valence-corrected chi connectivity index (χ4v) is 1.50. The zero-order chi connectivity index (χ0) is 14.3. The lowest BCUT2D eigenvalue weighted by Crippen LogP contribution is -2.26. The van der Waals surface area contributed by atoms with E-state index in [4.69, 9.17) is 15.2 Å². The van der Waals surface area contributed by atoms with Gasteiger partial charge in [0.1, 0.15) is 0 Å². The van der Waals surface area contributed by atoms with Gasteiger partial charge in [-0.15, -0.1) is 0 Å². The Morgan fingerprint density at radius 1 is 1.26 bits per heavy atom. The van der Waals surface area contributed by atoms with Crippen LogP contribution in [0.5, 0.6) is 11.5 Å². The van der Waals surface area contributed by atoms with Gasteiger partial charge in [0.2, 0.25) is 5.91 Å². The third kappa shape index (κ3) is 4.44. The third-order valence-corrected chi connectivity index (χ3v) is 2.61. The minimum atomic E-state index is -0.220. The maximum Gasteiger partial charge on any atom is 0.228 e. The van der Waals surface area contributed by atoms with Crippen molar-refractivity contribution in [2.75, 3.05) is 25.1 Å². The van der Waals surface area contributed by atoms with Crippen LogP contribution in [0.3, 0.4) is 0 Å². The summed E-state index contributed by atoms with van der Waals surface area (Å²) in [5.74, 6) is 0.980. The van der Waals surface area contributed by atoms with Gasteiger partial charge in [-0.25, -0.2) is 0 Å². The van der Waals surface area contributed by atoms with Crippen LogP contribution in [0.2, 0.25) is 0 Å². The zero-order valence-electron chi connectivity index (χ0n) is 11.7. The lowest BCUT2D eigenvalue weighted by Gasteiger charge is -2.14. The Hall–Kier alpha value is -1.75. The van der Waals surface area contributed by atoms with Crippen LogP contribution >= 0.6 is 0 Å². The molecular weight excluding hydrogens is 244 g/mol. The fourth-order valence-electron chi connectivity index (χ4n) is 1.50. The van der Waals surface area contributed by atoms with Gasteiger partial charge in [-0.3, -0.25) is 4.79 Å². The summed E-state index contributed by atoms with van der Waals surface area (Å²) in [5.41, 5.74) is 6.14. The standard InChI is InChI=1S/C14H22N2O3/c1-4-18-12-7-6-11(8-13(12)19-5-2)16-14(17)10(3)9-15/h6-8,10H,4-5,9,15H2,1-3H3,(H,16,17). The summed E-state index contributed by atoms with van der Waals surface area (Å²) >= 11 is 0. The Bertz CT molecular complexity index is 421. The van der Waals surface area contributed by atoms with E-state index in [1.165, 1.54) is 0 Å². The summed E-state index contributed by atoms with van der Waals surface area (Å²) in [6.45, 7) is 7.02. The molecule has 0 saturated heterocycles. The fraction of sp³-hybridized carbons (Fsp3) is 0.500. The molecule has 5 nitrogen and oxygen atoms in total. The second-order valence-electron chi connectivity index (χ2n) is 4.15. The zero-order valence-corrected chi connectivity index (χ0v) is 11.7. The first-order valence-corrected chi connectivity index (χ1v) is 6.52. The van der Waals surface area contributed by atoms with Crippen molar-refractivity contribution in [1.29, 1.82) is 0 Å². The normalized spacial score (nSPS) is 11.8. The summed E-state index contributed by atoms with van der Waals surface area (Å²) < 4.78 is 11.0. The maximum atomic E-state index is 11.8. The number of hydrogen-bond donors (Lipinski definition) is 2. The summed E-state index contributed by atoms with van der Waals surface area (Å²) in [4.78, 5) is 11.8. The summed E-state index contributed by atoms with van der Waals surface area (Å²) in [6, 6.07) is 5.33. The van der Waals surface area contributed by atoms with E-state index in [9.17, 15) is 4.79 Å². The lowest BCUT2D eigenvalue weighted by atomic mass is 10.1. The van der Waals surface area contributed by atoms with Crippen LogP contribution in [0.4, 0.5) is 5.69 Å². The second-order valence-corrected chi connectivity index (χ2v) is 4.15. The first kappa shape index (κ1) is 15.3. The highest BCUT2D eigenvalue weighted by atomic mass is 16.5. The Balaban J connectivity index is 2.85. The first-order valence-electron chi connectivity index (χ1n) is 6.52. The van der Waals surface area contributed by atoms with Crippen LogP contribution in [0, 0.1) is 5.92 Å². The molecule has 1 unspecified atom stereocenters. The number of rotatable bonds is 7. The van der Waals surface area contributed by atoms with Gasteiger partial charge in [0.25, 0.3) is 0 Å². The van der Waals surface area contributed by atoms with Crippen LogP contribution < -0.4 is 20.5 Å². The number of nitrogens with two attached hydrogens (primary N) is 1. The molecule has 106 valence electrons. The molecule has 0 aromatic heterocycles. The van der Waals surface area contributed by atoms with Crippen molar-refractivity contribution in [3.8, 4) is 11.5 Å². The smallest absolute Gasteiger partial charge is 0.228 e. The quantitative estimate of drug-likeness (QED) is 0.792. The van der Waals surface area contributed by atoms with Gasteiger partial charge in [0.15, 0.2) is 11.5 Å². The average molecular weight is 266 g/mol. The second kappa shape index (κ2) is 7.63. The molecule has 0 aliphatic heterocycles. The highest BCUT2D eigenvalue weighted by Gasteiger charge is 2.12. The molecule has 0 saturated carbocycles. The van der Waals surface area contributed by atoms with Crippen molar-refractivity contribution < 1.29 is 14.3 Å². The minimum absolute atomic E-state index is 0.103. The Kier molecular flexibility index (Phi) is 6.15. The number of anilines is 1. The molecule has 0 fully saturated rings. The van der Waals surface area contributed by atoms with Crippen LogP contribution in [0.1, 0.15) is 20.8 Å². The number of carbonyl (C=O) groups excluding carboxylic acids is 1. The van der Waals surface area contributed by atoms with Crippen LogP contribution in [0.25, 0.3) is 0 Å². The van der Waals surface area contributed by atoms with E-state index < -0.39 is 0 Å². The van der Waals surface area contributed by atoms with Crippen molar-refractivity contribution in [2.24, 2.45) is 11.7 Å². The van der Waals surface area contributed by atoms with E-state index in [1.54, 1.807) is 25.1 Å². The molecule has 1 atom stereocenters. The number of carbonyl (C=O) groups is 1. The first-order chi connectivity index (χ1) is 9.12. The highest BCUT2D eigenvalue weighted by molar-refractivity contribution is 5.92. The number of nitrogens with one attached hydrogen (secondary N) is 1. The SMILES string of the molecule is CCOc1ccc(NC(=O)C(C)CN)cc1OCC. The van der Waals surface area contributed by atoms with Gasteiger partial charge < -0.3 is 20.5 Å². The molecule has 1 aromatic rings. The predicted molar refractivity (Wildman–Crippen MR) is 75.6 cm³/mol. The topological polar surface area (TPSA) is 73.6 Å². The maximum absolute atomic E-state index is 11.8. The van der Waals surface area contributed by atoms with Crippen LogP contribution in [-0.2, 0) is 4.79 Å². The molecule has 0 aliphatic carbocycles. The molecule has 5 heteroatoms. The molecule has 0 aliphatic rings. The lowest BCUT2D eigenvalue weighted by molar-refractivity contribution is -0.119. The number of benzene rings is 1. The van der Waals surface area contributed by atoms with E-state index in [0.717, 1.165) is 0 Å². The molecule has 1 rings (SSSR count). The van der Waals surface area contributed by atoms with Crippen molar-refractivity contribution in [3.05, 3.63) is 18.2 Å². The van der Waals surface area contributed by atoms with Crippen molar-refractivity contribution in [3.63, 3.8) is 0 Å². The van der Waals surface area contributed by atoms with Crippen LogP contribution in [-0.4, -0.2) is 25.7 Å². The molecule has 1 amide bonds. The Morgan fingerprint density at radius 2 is 1.89 bits per heavy atom. The molecule has 0 heterocycles. The molecule has 3 N–H and O–H groups in total. The number of amides is 1. The van der Waals surface area contributed by atoms with Crippen molar-refractivity contribution in [2.45, 2.75) is 20.8 Å². The number of hydrogen-bond acceptors (Lipinski definition) is 4. The summed E-state index contributed by atoms with van der Waals surface area (Å²) in [7, 11) is 0. The van der Waals surface area contributed by atoms with Gasteiger partial charge >= 0.3 is 0 Å². The highest BCUT2D eigenvalue weighted by Crippen LogP contribution is 2.30. The minimum Gasteiger partial charge on any atom is -0.490 e. The van der Waals surface area contributed by atoms with E-state index in [1.807, 2.05) is 13.8 Å². The van der Waals surface area contributed by atoms with Gasteiger partial charge in [0.05, 0.1) is 13.2 Å². The van der Waals surface area contributed by atoms with Gasteiger partial charge in [-0.2, -0.15) is 0 Å². The summed E-state index contributed by atoms with van der Waals surface area (Å²) in [5, 5.41) is 2.81. The predicted octanol–water partition coefficient (Wildman–Crippen LogP) is 2.02. The van der Waals surface area contributed by atoms with Gasteiger partial charge in [0, 0.05) is 24.2 Å². The van der Waals surface area contributed by atoms with Gasteiger partial charge in [-0.1, -0.05) is 6.92 Å². The molecular formula is C14H22N2O3. The van der Waals surface area contributed by atoms with Crippen LogP contribution in [0.15, 0.2) is 18.2 Å².